The predicted molar refractivity (Wildman–Crippen MR) is 68.3 cm³/mol. The van der Waals surface area contributed by atoms with Crippen LogP contribution in [0.25, 0.3) is 0 Å². The Morgan fingerprint density at radius 2 is 2.11 bits per heavy atom. The minimum atomic E-state index is 0.434. The topological polar surface area (TPSA) is 76.9 Å². The van der Waals surface area contributed by atoms with Crippen LogP contribution in [0.3, 0.4) is 0 Å². The molecule has 0 bridgehead atoms. The lowest BCUT2D eigenvalue weighted by Gasteiger charge is -2.10. The molecule has 0 unspecified atom stereocenters. The summed E-state index contributed by atoms with van der Waals surface area (Å²) in [6.45, 7) is 3.65. The van der Waals surface area contributed by atoms with Gasteiger partial charge in [0.05, 0.1) is 5.69 Å². The molecule has 0 radical (unpaired) electrons. The van der Waals surface area contributed by atoms with Gasteiger partial charge in [-0.1, -0.05) is 6.07 Å². The molecule has 1 aromatic heterocycles. The van der Waals surface area contributed by atoms with Crippen LogP contribution < -0.4 is 10.5 Å². The fourth-order valence-electron chi connectivity index (χ4n) is 1.73. The summed E-state index contributed by atoms with van der Waals surface area (Å²) >= 11 is 0. The number of rotatable bonds is 2. The van der Waals surface area contributed by atoms with Gasteiger partial charge in [0.25, 0.3) is 0 Å². The summed E-state index contributed by atoms with van der Waals surface area (Å²) < 4.78 is 7.31. The van der Waals surface area contributed by atoms with Crippen molar-refractivity contribution in [2.45, 2.75) is 13.8 Å². The second-order valence-corrected chi connectivity index (χ2v) is 4.07. The van der Waals surface area contributed by atoms with Gasteiger partial charge < -0.3 is 10.5 Å². The van der Waals surface area contributed by atoms with Crippen molar-refractivity contribution < 1.29 is 4.74 Å². The molecular formula is C13H14N4O. The smallest absolute Gasteiger partial charge is 0.235 e. The lowest BCUT2D eigenvalue weighted by Crippen LogP contribution is -1.99. The van der Waals surface area contributed by atoms with Gasteiger partial charge in [-0.2, -0.15) is 10.4 Å². The number of nitrogens with two attached hydrogens (primary N) is 1. The van der Waals surface area contributed by atoms with Crippen LogP contribution in [0.2, 0.25) is 0 Å². The van der Waals surface area contributed by atoms with Gasteiger partial charge in [-0.25, -0.2) is 4.68 Å². The highest BCUT2D eigenvalue weighted by atomic mass is 16.5. The first kappa shape index (κ1) is 12.0. The van der Waals surface area contributed by atoms with Gasteiger partial charge in [0.1, 0.15) is 17.4 Å². The van der Waals surface area contributed by atoms with Gasteiger partial charge in [0.2, 0.25) is 5.88 Å². The van der Waals surface area contributed by atoms with Crippen LogP contribution in [0.5, 0.6) is 11.6 Å². The van der Waals surface area contributed by atoms with E-state index in [9.17, 15) is 0 Å². The quantitative estimate of drug-likeness (QED) is 0.819. The Morgan fingerprint density at radius 1 is 1.39 bits per heavy atom. The molecule has 1 aromatic carbocycles. The maximum Gasteiger partial charge on any atom is 0.235 e. The summed E-state index contributed by atoms with van der Waals surface area (Å²) in [5.41, 5.74) is 8.42. The third-order valence-corrected chi connectivity index (χ3v) is 2.81. The molecule has 5 heteroatoms. The summed E-state index contributed by atoms with van der Waals surface area (Å²) in [4.78, 5) is 0. The standard InChI is InChI=1S/C13H14N4O/c1-8-11(15)5-4-6-12(8)18-13-10(7-14)9(2)16-17(13)3/h4-6H,15H2,1-3H3. The van der Waals surface area contributed by atoms with E-state index < -0.39 is 0 Å². The second-order valence-electron chi connectivity index (χ2n) is 4.07. The molecule has 92 valence electrons. The number of benzene rings is 1. The maximum absolute atomic E-state index is 9.11. The molecule has 0 fully saturated rings. The Morgan fingerprint density at radius 3 is 2.78 bits per heavy atom. The Kier molecular flexibility index (Phi) is 2.94. The van der Waals surface area contributed by atoms with Crippen LogP contribution in [0, 0.1) is 25.2 Å². The zero-order valence-corrected chi connectivity index (χ0v) is 10.6. The van der Waals surface area contributed by atoms with E-state index in [0.717, 1.165) is 5.56 Å². The van der Waals surface area contributed by atoms with Crippen LogP contribution in [-0.4, -0.2) is 9.78 Å². The van der Waals surface area contributed by atoms with Gasteiger partial charge in [0.15, 0.2) is 0 Å². The van der Waals surface area contributed by atoms with Crippen molar-refractivity contribution in [3.63, 3.8) is 0 Å². The third-order valence-electron chi connectivity index (χ3n) is 2.81. The zero-order valence-electron chi connectivity index (χ0n) is 10.6. The van der Waals surface area contributed by atoms with Crippen molar-refractivity contribution >= 4 is 5.69 Å². The molecule has 2 rings (SSSR count). The lowest BCUT2D eigenvalue weighted by molar-refractivity contribution is 0.427. The number of aryl methyl sites for hydroxylation is 2. The highest BCUT2D eigenvalue weighted by Crippen LogP contribution is 2.30. The SMILES string of the molecule is Cc1nn(C)c(Oc2cccc(N)c2C)c1C#N. The van der Waals surface area contributed by atoms with Gasteiger partial charge >= 0.3 is 0 Å². The van der Waals surface area contributed by atoms with Crippen LogP contribution in [0.1, 0.15) is 16.8 Å². The van der Waals surface area contributed by atoms with Gasteiger partial charge in [-0.05, 0) is 26.0 Å². The van der Waals surface area contributed by atoms with E-state index in [1.807, 2.05) is 25.1 Å². The van der Waals surface area contributed by atoms with E-state index in [2.05, 4.69) is 11.2 Å². The van der Waals surface area contributed by atoms with E-state index in [1.54, 1.807) is 18.7 Å². The van der Waals surface area contributed by atoms with E-state index in [-0.39, 0.29) is 0 Å². The lowest BCUT2D eigenvalue weighted by atomic mass is 10.2. The fraction of sp³-hybridized carbons (Fsp3) is 0.231. The minimum absolute atomic E-state index is 0.434. The Hall–Kier alpha value is -2.48. The summed E-state index contributed by atoms with van der Waals surface area (Å²) in [6.07, 6.45) is 0. The number of anilines is 1. The molecule has 18 heavy (non-hydrogen) atoms. The predicted octanol–water partition coefficient (Wildman–Crippen LogP) is 2.28. The maximum atomic E-state index is 9.11. The number of nitrogen functional groups attached to an aromatic ring is 1. The van der Waals surface area contributed by atoms with Crippen LogP contribution in [0.4, 0.5) is 5.69 Å². The Labute approximate surface area is 105 Å². The molecule has 1 heterocycles. The molecule has 0 spiro atoms. The first-order chi connectivity index (χ1) is 8.54. The first-order valence-electron chi connectivity index (χ1n) is 5.51. The molecular weight excluding hydrogens is 228 g/mol. The molecule has 2 aromatic rings. The number of hydrogen-bond donors (Lipinski definition) is 1. The molecule has 0 aliphatic heterocycles. The van der Waals surface area contributed by atoms with Crippen molar-refractivity contribution in [3.05, 3.63) is 35.0 Å². The van der Waals surface area contributed by atoms with Gasteiger partial charge in [-0.15, -0.1) is 0 Å². The van der Waals surface area contributed by atoms with E-state index in [0.29, 0.717) is 28.6 Å². The molecule has 0 saturated carbocycles. The molecule has 0 aliphatic rings. The van der Waals surface area contributed by atoms with Crippen molar-refractivity contribution in [3.8, 4) is 17.7 Å². The highest BCUT2D eigenvalue weighted by Gasteiger charge is 2.16. The summed E-state index contributed by atoms with van der Waals surface area (Å²) in [6, 6.07) is 7.53. The fourth-order valence-corrected chi connectivity index (χ4v) is 1.73. The summed E-state index contributed by atoms with van der Waals surface area (Å²) in [7, 11) is 1.74. The van der Waals surface area contributed by atoms with Crippen molar-refractivity contribution in [1.29, 1.82) is 5.26 Å². The van der Waals surface area contributed by atoms with Crippen molar-refractivity contribution in [1.82, 2.24) is 9.78 Å². The van der Waals surface area contributed by atoms with E-state index >= 15 is 0 Å². The van der Waals surface area contributed by atoms with Crippen LogP contribution in [0.15, 0.2) is 18.2 Å². The average Bonchev–Trinajstić information content (AvgIpc) is 2.59. The number of ether oxygens (including phenoxy) is 1. The number of nitriles is 1. The number of nitrogens with zero attached hydrogens (tertiary/aromatic N) is 3. The van der Waals surface area contributed by atoms with E-state index in [4.69, 9.17) is 15.7 Å². The van der Waals surface area contributed by atoms with Crippen molar-refractivity contribution in [2.24, 2.45) is 7.05 Å². The molecule has 5 nitrogen and oxygen atoms in total. The van der Waals surface area contributed by atoms with Crippen LogP contribution >= 0.6 is 0 Å². The van der Waals surface area contributed by atoms with Crippen LogP contribution in [-0.2, 0) is 7.05 Å². The summed E-state index contributed by atoms with van der Waals surface area (Å²) in [5, 5.41) is 13.3. The molecule has 0 saturated heterocycles. The van der Waals surface area contributed by atoms with E-state index in [1.165, 1.54) is 0 Å². The Balaban J connectivity index is 2.47. The van der Waals surface area contributed by atoms with Gasteiger partial charge in [0, 0.05) is 18.3 Å². The molecule has 0 atom stereocenters. The van der Waals surface area contributed by atoms with Crippen molar-refractivity contribution in [2.75, 3.05) is 5.73 Å². The first-order valence-corrected chi connectivity index (χ1v) is 5.51. The molecule has 2 N–H and O–H groups in total. The number of aromatic nitrogens is 2. The second kappa shape index (κ2) is 4.41. The molecule has 0 aliphatic carbocycles. The van der Waals surface area contributed by atoms with Gasteiger partial charge in [-0.3, -0.25) is 0 Å². The highest BCUT2D eigenvalue weighted by molar-refractivity contribution is 5.55. The number of hydrogen-bond acceptors (Lipinski definition) is 4. The largest absolute Gasteiger partial charge is 0.438 e. The third kappa shape index (κ3) is 1.89. The normalized spacial score (nSPS) is 10.1. The average molecular weight is 242 g/mol. The monoisotopic (exact) mass is 242 g/mol. The Bertz CT molecular complexity index is 637. The molecule has 0 amide bonds. The zero-order chi connectivity index (χ0) is 13.3. The summed E-state index contributed by atoms with van der Waals surface area (Å²) in [5.74, 6) is 1.07. The minimum Gasteiger partial charge on any atom is -0.438 e.